The first-order chi connectivity index (χ1) is 9.09. The fraction of sp³-hybridized carbons (Fsp3) is 0.500. The zero-order valence-electron chi connectivity index (χ0n) is 10.9. The Bertz CT molecular complexity index is 533. The Morgan fingerprint density at radius 3 is 2.89 bits per heavy atom. The maximum absolute atomic E-state index is 12.6. The maximum Gasteiger partial charge on any atom is 0.245 e. The molecule has 0 aromatic heterocycles. The second kappa shape index (κ2) is 5.87. The van der Waals surface area contributed by atoms with Gasteiger partial charge in [0, 0.05) is 13.1 Å². The molecule has 1 aliphatic rings. The van der Waals surface area contributed by atoms with E-state index in [1.54, 1.807) is 24.3 Å². The summed E-state index contributed by atoms with van der Waals surface area (Å²) in [5.74, 6) is 5.37. The van der Waals surface area contributed by atoms with Gasteiger partial charge in [0.2, 0.25) is 10.0 Å². The summed E-state index contributed by atoms with van der Waals surface area (Å²) in [7, 11) is -3.54. The number of nitrogens with one attached hydrogen (secondary N) is 1. The number of rotatable bonds is 4. The van der Waals surface area contributed by atoms with Crippen LogP contribution in [0.3, 0.4) is 0 Å². The number of sulfonamides is 1. The van der Waals surface area contributed by atoms with Gasteiger partial charge < -0.3 is 10.2 Å². The Kier molecular flexibility index (Phi) is 4.41. The molecule has 3 N–H and O–H groups in total. The van der Waals surface area contributed by atoms with E-state index in [2.05, 4.69) is 5.43 Å². The molecule has 0 amide bonds. The average Bonchev–Trinajstić information content (AvgIpc) is 2.47. The summed E-state index contributed by atoms with van der Waals surface area (Å²) in [6.45, 7) is 3.17. The summed E-state index contributed by atoms with van der Waals surface area (Å²) in [6, 6.07) is 6.62. The van der Waals surface area contributed by atoms with E-state index in [0.29, 0.717) is 25.4 Å². The van der Waals surface area contributed by atoms with Crippen LogP contribution in [0.4, 0.5) is 5.69 Å². The van der Waals surface area contributed by atoms with Crippen LogP contribution in [-0.2, 0) is 14.8 Å². The minimum atomic E-state index is -3.54. The van der Waals surface area contributed by atoms with Crippen LogP contribution in [0.15, 0.2) is 29.2 Å². The third-order valence-electron chi connectivity index (χ3n) is 3.22. The summed E-state index contributed by atoms with van der Waals surface area (Å²) >= 11 is 0. The molecule has 0 saturated carbocycles. The smallest absolute Gasteiger partial charge is 0.245 e. The van der Waals surface area contributed by atoms with E-state index in [-0.39, 0.29) is 11.0 Å². The maximum atomic E-state index is 12.6. The predicted octanol–water partition coefficient (Wildman–Crippen LogP) is 0.772. The second-order valence-electron chi connectivity index (χ2n) is 4.40. The number of hydrogen-bond acceptors (Lipinski definition) is 5. The van der Waals surface area contributed by atoms with Gasteiger partial charge in [-0.05, 0) is 18.6 Å². The molecule has 6 nitrogen and oxygen atoms in total. The number of benzene rings is 1. The van der Waals surface area contributed by atoms with Crippen LogP contribution in [0.2, 0.25) is 0 Å². The lowest BCUT2D eigenvalue weighted by Crippen LogP contribution is -2.45. The Morgan fingerprint density at radius 2 is 2.21 bits per heavy atom. The molecule has 1 heterocycles. The van der Waals surface area contributed by atoms with Crippen LogP contribution < -0.4 is 11.3 Å². The number of morpholine rings is 1. The van der Waals surface area contributed by atoms with Crippen LogP contribution in [0.25, 0.3) is 0 Å². The molecule has 0 spiro atoms. The lowest BCUT2D eigenvalue weighted by atomic mass is 10.2. The minimum Gasteiger partial charge on any atom is -0.375 e. The molecular formula is C12H19N3O3S. The highest BCUT2D eigenvalue weighted by molar-refractivity contribution is 7.89. The van der Waals surface area contributed by atoms with E-state index in [1.807, 2.05) is 6.92 Å². The Morgan fingerprint density at radius 1 is 1.47 bits per heavy atom. The highest BCUT2D eigenvalue weighted by atomic mass is 32.2. The van der Waals surface area contributed by atoms with Gasteiger partial charge in [0.1, 0.15) is 4.90 Å². The lowest BCUT2D eigenvalue weighted by Gasteiger charge is -2.32. The molecule has 0 aliphatic carbocycles. The molecule has 1 saturated heterocycles. The normalized spacial score (nSPS) is 21.3. The molecule has 0 bridgehead atoms. The van der Waals surface area contributed by atoms with E-state index < -0.39 is 10.0 Å². The fourth-order valence-electron chi connectivity index (χ4n) is 2.11. The van der Waals surface area contributed by atoms with Crippen molar-refractivity contribution in [2.75, 3.05) is 25.1 Å². The number of nitrogens with zero attached hydrogens (tertiary/aromatic N) is 1. The first-order valence-corrected chi connectivity index (χ1v) is 7.71. The number of nitrogens with two attached hydrogens (primary N) is 1. The van der Waals surface area contributed by atoms with Crippen molar-refractivity contribution in [1.29, 1.82) is 0 Å². The van der Waals surface area contributed by atoms with Gasteiger partial charge in [-0.1, -0.05) is 19.1 Å². The van der Waals surface area contributed by atoms with E-state index >= 15 is 0 Å². The number of hydrogen-bond donors (Lipinski definition) is 2. The summed E-state index contributed by atoms with van der Waals surface area (Å²) in [4.78, 5) is 0.203. The molecule has 1 unspecified atom stereocenters. The van der Waals surface area contributed by atoms with Crippen molar-refractivity contribution in [3.63, 3.8) is 0 Å². The standard InChI is InChI=1S/C12H19N3O3S/c1-2-10-9-15(7-8-18-10)19(16,17)12-6-4-3-5-11(12)14-13/h3-6,10,14H,2,7-9,13H2,1H3. The molecule has 106 valence electrons. The fourth-order valence-corrected chi connectivity index (χ4v) is 3.72. The molecular weight excluding hydrogens is 266 g/mol. The second-order valence-corrected chi connectivity index (χ2v) is 6.31. The van der Waals surface area contributed by atoms with Crippen LogP contribution in [0.1, 0.15) is 13.3 Å². The zero-order chi connectivity index (χ0) is 13.9. The topological polar surface area (TPSA) is 84.7 Å². The molecule has 0 radical (unpaired) electrons. The van der Waals surface area contributed by atoms with Crippen LogP contribution in [0.5, 0.6) is 0 Å². The zero-order valence-corrected chi connectivity index (χ0v) is 11.7. The van der Waals surface area contributed by atoms with Gasteiger partial charge in [0.05, 0.1) is 18.4 Å². The van der Waals surface area contributed by atoms with Crippen molar-refractivity contribution >= 4 is 15.7 Å². The van der Waals surface area contributed by atoms with Gasteiger partial charge in [-0.25, -0.2) is 8.42 Å². The molecule has 19 heavy (non-hydrogen) atoms. The number of anilines is 1. The minimum absolute atomic E-state index is 0.0403. The number of para-hydroxylation sites is 1. The molecule has 1 fully saturated rings. The van der Waals surface area contributed by atoms with Gasteiger partial charge in [-0.3, -0.25) is 5.84 Å². The number of hydrazine groups is 1. The first-order valence-electron chi connectivity index (χ1n) is 6.27. The molecule has 7 heteroatoms. The van der Waals surface area contributed by atoms with Crippen molar-refractivity contribution < 1.29 is 13.2 Å². The third-order valence-corrected chi connectivity index (χ3v) is 5.14. The van der Waals surface area contributed by atoms with Crippen molar-refractivity contribution in [3.05, 3.63) is 24.3 Å². The average molecular weight is 285 g/mol. The van der Waals surface area contributed by atoms with Crippen molar-refractivity contribution in [3.8, 4) is 0 Å². The summed E-state index contributed by atoms with van der Waals surface area (Å²) < 4.78 is 32.2. The van der Waals surface area contributed by atoms with Crippen molar-refractivity contribution in [2.45, 2.75) is 24.3 Å². The quantitative estimate of drug-likeness (QED) is 0.630. The van der Waals surface area contributed by atoms with E-state index in [1.165, 1.54) is 4.31 Å². The van der Waals surface area contributed by atoms with Gasteiger partial charge in [-0.2, -0.15) is 4.31 Å². The lowest BCUT2D eigenvalue weighted by molar-refractivity contribution is -0.00276. The largest absolute Gasteiger partial charge is 0.375 e. The monoisotopic (exact) mass is 285 g/mol. The highest BCUT2D eigenvalue weighted by Gasteiger charge is 2.31. The van der Waals surface area contributed by atoms with Crippen molar-refractivity contribution in [2.24, 2.45) is 5.84 Å². The van der Waals surface area contributed by atoms with Gasteiger partial charge in [0.15, 0.2) is 0 Å². The third kappa shape index (κ3) is 2.89. The van der Waals surface area contributed by atoms with E-state index in [0.717, 1.165) is 6.42 Å². The summed E-state index contributed by atoms with van der Waals surface area (Å²) in [5, 5.41) is 0. The van der Waals surface area contributed by atoms with Gasteiger partial charge in [0.25, 0.3) is 0 Å². The van der Waals surface area contributed by atoms with Crippen molar-refractivity contribution in [1.82, 2.24) is 4.31 Å². The van der Waals surface area contributed by atoms with Gasteiger partial charge in [-0.15, -0.1) is 0 Å². The molecule has 1 aromatic carbocycles. The van der Waals surface area contributed by atoms with Crippen LogP contribution in [-0.4, -0.2) is 38.5 Å². The Hall–Kier alpha value is -1.15. The Balaban J connectivity index is 2.31. The SMILES string of the molecule is CCC1CN(S(=O)(=O)c2ccccc2NN)CCO1. The van der Waals surface area contributed by atoms with Crippen LogP contribution >= 0.6 is 0 Å². The first kappa shape index (κ1) is 14.3. The molecule has 1 aliphatic heterocycles. The molecule has 1 aromatic rings. The van der Waals surface area contributed by atoms with E-state index in [4.69, 9.17) is 10.6 Å². The molecule has 1 atom stereocenters. The summed E-state index contributed by atoms with van der Waals surface area (Å²) in [6.07, 6.45) is 0.754. The summed E-state index contributed by atoms with van der Waals surface area (Å²) in [5.41, 5.74) is 2.83. The van der Waals surface area contributed by atoms with E-state index in [9.17, 15) is 8.42 Å². The number of nitrogen functional groups attached to an aromatic ring is 1. The predicted molar refractivity (Wildman–Crippen MR) is 73.0 cm³/mol. The van der Waals surface area contributed by atoms with Gasteiger partial charge >= 0.3 is 0 Å². The molecule has 2 rings (SSSR count). The van der Waals surface area contributed by atoms with Crippen LogP contribution in [0, 0.1) is 0 Å². The Labute approximate surface area is 113 Å². The highest BCUT2D eigenvalue weighted by Crippen LogP contribution is 2.25. The number of ether oxygens (including phenoxy) is 1.